The number of nitrogens with two attached hydrogens (primary N) is 1. The first kappa shape index (κ1) is 12.6. The van der Waals surface area contributed by atoms with Crippen LogP contribution in [0, 0.1) is 11.6 Å². The van der Waals surface area contributed by atoms with Gasteiger partial charge in [0.05, 0.1) is 27.6 Å². The molecule has 0 radical (unpaired) electrons. The lowest BCUT2D eigenvalue weighted by Gasteiger charge is -2.06. The van der Waals surface area contributed by atoms with Gasteiger partial charge in [-0.25, -0.2) is 8.78 Å². The minimum absolute atomic E-state index is 0.0401. The van der Waals surface area contributed by atoms with Crippen LogP contribution >= 0.6 is 0 Å². The summed E-state index contributed by atoms with van der Waals surface area (Å²) >= 11 is 0. The van der Waals surface area contributed by atoms with E-state index in [-0.39, 0.29) is 16.3 Å². The van der Waals surface area contributed by atoms with Crippen molar-refractivity contribution in [1.82, 2.24) is 4.98 Å². The fourth-order valence-electron chi connectivity index (χ4n) is 1.47. The van der Waals surface area contributed by atoms with Crippen LogP contribution in [0.1, 0.15) is 5.56 Å². The third-order valence-corrected chi connectivity index (χ3v) is 3.72. The Kier molecular flexibility index (Phi) is 3.66. The molecule has 2 rings (SSSR count). The second-order valence-electron chi connectivity index (χ2n) is 3.68. The quantitative estimate of drug-likeness (QED) is 0.869. The second-order valence-corrected chi connectivity index (χ2v) is 5.10. The number of nitrogens with zero attached hydrogens (tertiary/aromatic N) is 1. The number of anilines is 1. The van der Waals surface area contributed by atoms with Crippen molar-refractivity contribution in [1.29, 1.82) is 0 Å². The van der Waals surface area contributed by atoms with Gasteiger partial charge in [0.25, 0.3) is 0 Å². The molecule has 1 atom stereocenters. The zero-order valence-corrected chi connectivity index (χ0v) is 10.1. The van der Waals surface area contributed by atoms with E-state index in [2.05, 4.69) is 4.98 Å². The lowest BCUT2D eigenvalue weighted by Crippen LogP contribution is -2.02. The monoisotopic (exact) mass is 268 g/mol. The summed E-state index contributed by atoms with van der Waals surface area (Å²) in [7, 11) is -1.54. The molecule has 3 nitrogen and oxygen atoms in total. The van der Waals surface area contributed by atoms with E-state index in [1.165, 1.54) is 24.4 Å². The van der Waals surface area contributed by atoms with Gasteiger partial charge in [0.1, 0.15) is 11.6 Å². The number of rotatable bonds is 3. The van der Waals surface area contributed by atoms with E-state index in [0.717, 1.165) is 12.3 Å². The maximum atomic E-state index is 13.0. The Hall–Kier alpha value is -1.82. The third kappa shape index (κ3) is 2.89. The molecule has 0 aliphatic heterocycles. The van der Waals surface area contributed by atoms with E-state index in [9.17, 15) is 13.0 Å². The van der Waals surface area contributed by atoms with Crippen molar-refractivity contribution in [3.8, 4) is 0 Å². The summed E-state index contributed by atoms with van der Waals surface area (Å²) in [6.45, 7) is 0. The Labute approximate surface area is 105 Å². The van der Waals surface area contributed by atoms with E-state index in [0.29, 0.717) is 5.56 Å². The number of nitrogen functional groups attached to an aromatic ring is 1. The van der Waals surface area contributed by atoms with Crippen molar-refractivity contribution in [2.75, 3.05) is 5.73 Å². The summed E-state index contributed by atoms with van der Waals surface area (Å²) in [6, 6.07) is 4.91. The maximum Gasteiger partial charge on any atom is 0.141 e. The van der Waals surface area contributed by atoms with Gasteiger partial charge in [0, 0.05) is 11.9 Å². The smallest absolute Gasteiger partial charge is 0.141 e. The normalized spacial score (nSPS) is 12.3. The van der Waals surface area contributed by atoms with Gasteiger partial charge in [-0.3, -0.25) is 9.19 Å². The predicted molar refractivity (Wildman–Crippen MR) is 65.1 cm³/mol. The van der Waals surface area contributed by atoms with Crippen molar-refractivity contribution in [3.05, 3.63) is 53.9 Å². The van der Waals surface area contributed by atoms with Gasteiger partial charge in [-0.2, -0.15) is 0 Å². The number of halogens is 2. The first-order chi connectivity index (χ1) is 8.56. The number of benzene rings is 1. The first-order valence-electron chi connectivity index (χ1n) is 5.09. The molecule has 1 aromatic heterocycles. The minimum Gasteiger partial charge on any atom is -0.398 e. The molecule has 0 amide bonds. The van der Waals surface area contributed by atoms with Crippen LogP contribution in [0.15, 0.2) is 41.6 Å². The average Bonchev–Trinajstić information content (AvgIpc) is 2.32. The van der Waals surface area contributed by atoms with Gasteiger partial charge in [0.2, 0.25) is 0 Å². The molecule has 2 aromatic rings. The summed E-state index contributed by atoms with van der Waals surface area (Å²) < 4.78 is 38.0. The fourth-order valence-corrected chi connectivity index (χ4v) is 2.66. The van der Waals surface area contributed by atoms with Gasteiger partial charge in [-0.05, 0) is 29.8 Å². The lowest BCUT2D eigenvalue weighted by molar-refractivity contribution is 0.619. The van der Waals surface area contributed by atoms with Crippen molar-refractivity contribution >= 4 is 16.5 Å². The van der Waals surface area contributed by atoms with Gasteiger partial charge < -0.3 is 5.73 Å². The van der Waals surface area contributed by atoms with Crippen LogP contribution in [0.4, 0.5) is 14.5 Å². The van der Waals surface area contributed by atoms with Gasteiger partial charge >= 0.3 is 0 Å². The zero-order valence-electron chi connectivity index (χ0n) is 9.27. The molecular formula is C12H10F2N2OS. The topological polar surface area (TPSA) is 56.0 Å². The molecule has 2 N–H and O–H groups in total. The van der Waals surface area contributed by atoms with E-state index < -0.39 is 22.4 Å². The third-order valence-electron chi connectivity index (χ3n) is 2.28. The summed E-state index contributed by atoms with van der Waals surface area (Å²) in [6.07, 6.45) is 2.47. The molecule has 0 saturated heterocycles. The predicted octanol–water partition coefficient (Wildman–Crippen LogP) is 2.25. The molecule has 1 unspecified atom stereocenters. The molecule has 94 valence electrons. The Morgan fingerprint density at radius 2 is 1.94 bits per heavy atom. The standard InChI is InChI=1S/C12H10F2N2OS/c13-9-1-2-11(15)12(4-9)18(17)7-8-3-10(14)6-16-5-8/h1-6H,7,15H2. The number of aromatic nitrogens is 1. The van der Waals surface area contributed by atoms with Gasteiger partial charge in [-0.1, -0.05) is 0 Å². The SMILES string of the molecule is Nc1ccc(F)cc1S(=O)Cc1cncc(F)c1. The van der Waals surface area contributed by atoms with Gasteiger partial charge in [-0.15, -0.1) is 0 Å². The molecule has 0 saturated carbocycles. The van der Waals surface area contributed by atoms with Crippen LogP contribution in [0.3, 0.4) is 0 Å². The second kappa shape index (κ2) is 5.22. The molecule has 0 aliphatic rings. The lowest BCUT2D eigenvalue weighted by atomic mass is 10.3. The van der Waals surface area contributed by atoms with Crippen LogP contribution in [0.2, 0.25) is 0 Å². The molecule has 0 aliphatic carbocycles. The molecule has 6 heteroatoms. The number of hydrogen-bond acceptors (Lipinski definition) is 3. The number of hydrogen-bond donors (Lipinski definition) is 1. The van der Waals surface area contributed by atoms with E-state index in [4.69, 9.17) is 5.73 Å². The van der Waals surface area contributed by atoms with Crippen LogP contribution in [0.25, 0.3) is 0 Å². The summed E-state index contributed by atoms with van der Waals surface area (Å²) in [4.78, 5) is 3.86. The van der Waals surface area contributed by atoms with Gasteiger partial charge in [0.15, 0.2) is 0 Å². The Bertz CT molecular complexity index is 604. The molecule has 1 heterocycles. The summed E-state index contributed by atoms with van der Waals surface area (Å²) in [5, 5.41) is 0. The molecule has 0 bridgehead atoms. The van der Waals surface area contributed by atoms with E-state index in [1.54, 1.807) is 0 Å². The number of pyridine rings is 1. The van der Waals surface area contributed by atoms with E-state index >= 15 is 0 Å². The highest BCUT2D eigenvalue weighted by molar-refractivity contribution is 7.84. The minimum atomic E-state index is -1.54. The summed E-state index contributed by atoms with van der Waals surface area (Å²) in [5.74, 6) is -0.972. The molecular weight excluding hydrogens is 258 g/mol. The highest BCUT2D eigenvalue weighted by Crippen LogP contribution is 2.20. The Morgan fingerprint density at radius 3 is 2.67 bits per heavy atom. The Balaban J connectivity index is 2.24. The van der Waals surface area contributed by atoms with Crippen LogP contribution < -0.4 is 5.73 Å². The largest absolute Gasteiger partial charge is 0.398 e. The van der Waals surface area contributed by atoms with E-state index in [1.807, 2.05) is 0 Å². The highest BCUT2D eigenvalue weighted by Gasteiger charge is 2.10. The van der Waals surface area contributed by atoms with Crippen LogP contribution in [-0.4, -0.2) is 9.19 Å². The van der Waals surface area contributed by atoms with Crippen LogP contribution in [-0.2, 0) is 16.6 Å². The Morgan fingerprint density at radius 1 is 1.17 bits per heavy atom. The molecule has 1 aromatic carbocycles. The fraction of sp³-hybridized carbons (Fsp3) is 0.0833. The zero-order chi connectivity index (χ0) is 13.1. The molecule has 0 spiro atoms. The maximum absolute atomic E-state index is 13.0. The van der Waals surface area contributed by atoms with Crippen molar-refractivity contribution < 1.29 is 13.0 Å². The first-order valence-corrected chi connectivity index (χ1v) is 6.41. The summed E-state index contributed by atoms with van der Waals surface area (Å²) in [5.41, 5.74) is 6.34. The average molecular weight is 268 g/mol. The van der Waals surface area contributed by atoms with Crippen molar-refractivity contribution in [2.45, 2.75) is 10.6 Å². The molecule has 18 heavy (non-hydrogen) atoms. The van der Waals surface area contributed by atoms with Crippen LogP contribution in [0.5, 0.6) is 0 Å². The highest BCUT2D eigenvalue weighted by atomic mass is 32.2. The van der Waals surface area contributed by atoms with Crippen molar-refractivity contribution in [3.63, 3.8) is 0 Å². The van der Waals surface area contributed by atoms with Crippen molar-refractivity contribution in [2.24, 2.45) is 0 Å². The molecule has 0 fully saturated rings.